The Morgan fingerprint density at radius 3 is 2.76 bits per heavy atom. The zero-order valence-corrected chi connectivity index (χ0v) is 12.2. The minimum absolute atomic E-state index is 0.0440. The van der Waals surface area contributed by atoms with Gasteiger partial charge in [-0.25, -0.2) is 4.79 Å². The van der Waals surface area contributed by atoms with Crippen LogP contribution in [0.1, 0.15) is 11.1 Å². The SMILES string of the molecule is Cc1ccccc1/C=C/NC(=O)Nc1cc(Cl)ccc1O. The highest BCUT2D eigenvalue weighted by molar-refractivity contribution is 6.31. The number of nitrogens with one attached hydrogen (secondary N) is 2. The molecule has 2 rings (SSSR count). The molecule has 0 saturated heterocycles. The van der Waals surface area contributed by atoms with Crippen molar-refractivity contribution in [1.29, 1.82) is 0 Å². The third kappa shape index (κ3) is 4.26. The number of aromatic hydroxyl groups is 1. The van der Waals surface area contributed by atoms with E-state index in [9.17, 15) is 9.90 Å². The number of hydrogen-bond acceptors (Lipinski definition) is 2. The summed E-state index contributed by atoms with van der Waals surface area (Å²) in [6.45, 7) is 1.99. The molecular weight excluding hydrogens is 288 g/mol. The van der Waals surface area contributed by atoms with Crippen LogP contribution in [0.3, 0.4) is 0 Å². The molecular formula is C16H15ClN2O2. The molecule has 0 bridgehead atoms. The second kappa shape index (κ2) is 6.81. The second-order valence-electron chi connectivity index (χ2n) is 4.45. The molecule has 0 radical (unpaired) electrons. The number of rotatable bonds is 3. The van der Waals surface area contributed by atoms with Crippen LogP contribution in [0.15, 0.2) is 48.7 Å². The van der Waals surface area contributed by atoms with Crippen LogP contribution >= 0.6 is 11.6 Å². The Morgan fingerprint density at radius 2 is 2.00 bits per heavy atom. The van der Waals surface area contributed by atoms with Crippen LogP contribution in [0.2, 0.25) is 5.02 Å². The number of hydrogen-bond donors (Lipinski definition) is 3. The van der Waals surface area contributed by atoms with Crippen molar-refractivity contribution in [3.63, 3.8) is 0 Å². The third-order valence-electron chi connectivity index (χ3n) is 2.87. The van der Waals surface area contributed by atoms with Gasteiger partial charge in [0.15, 0.2) is 0 Å². The van der Waals surface area contributed by atoms with Gasteiger partial charge < -0.3 is 15.7 Å². The minimum Gasteiger partial charge on any atom is -0.506 e. The van der Waals surface area contributed by atoms with Crippen LogP contribution in [0.25, 0.3) is 6.08 Å². The number of carbonyl (C=O) groups is 1. The molecule has 0 unspecified atom stereocenters. The van der Waals surface area contributed by atoms with Crippen LogP contribution < -0.4 is 10.6 Å². The lowest BCUT2D eigenvalue weighted by Crippen LogP contribution is -2.23. The minimum atomic E-state index is -0.461. The molecule has 2 aromatic rings. The van der Waals surface area contributed by atoms with Gasteiger partial charge in [0.1, 0.15) is 5.75 Å². The van der Waals surface area contributed by atoms with E-state index >= 15 is 0 Å². The first-order chi connectivity index (χ1) is 10.1. The molecule has 0 fully saturated rings. The van der Waals surface area contributed by atoms with E-state index in [1.807, 2.05) is 31.2 Å². The number of phenolic OH excluding ortho intramolecular Hbond substituents is 1. The zero-order valence-electron chi connectivity index (χ0n) is 11.4. The Bertz CT molecular complexity index is 684. The topological polar surface area (TPSA) is 61.4 Å². The summed E-state index contributed by atoms with van der Waals surface area (Å²) in [5.74, 6) is -0.0440. The summed E-state index contributed by atoms with van der Waals surface area (Å²) in [5.41, 5.74) is 2.39. The lowest BCUT2D eigenvalue weighted by molar-refractivity contribution is 0.255. The smallest absolute Gasteiger partial charge is 0.323 e. The maximum atomic E-state index is 11.7. The molecule has 5 heteroatoms. The van der Waals surface area contributed by atoms with Gasteiger partial charge >= 0.3 is 6.03 Å². The molecule has 0 saturated carbocycles. The van der Waals surface area contributed by atoms with Gasteiger partial charge in [-0.05, 0) is 42.3 Å². The first-order valence-corrected chi connectivity index (χ1v) is 6.72. The average Bonchev–Trinajstić information content (AvgIpc) is 2.45. The summed E-state index contributed by atoms with van der Waals surface area (Å²) in [7, 11) is 0. The van der Waals surface area contributed by atoms with Crippen molar-refractivity contribution in [3.05, 3.63) is 64.8 Å². The maximum absolute atomic E-state index is 11.7. The molecule has 0 spiro atoms. The lowest BCUT2D eigenvalue weighted by atomic mass is 10.1. The first-order valence-electron chi connectivity index (χ1n) is 6.34. The largest absolute Gasteiger partial charge is 0.506 e. The van der Waals surface area contributed by atoms with E-state index in [0.29, 0.717) is 5.02 Å². The van der Waals surface area contributed by atoms with Gasteiger partial charge in [-0.1, -0.05) is 35.9 Å². The Morgan fingerprint density at radius 1 is 1.24 bits per heavy atom. The molecule has 0 aliphatic carbocycles. The normalized spacial score (nSPS) is 10.6. The fourth-order valence-corrected chi connectivity index (χ4v) is 1.92. The fraction of sp³-hybridized carbons (Fsp3) is 0.0625. The number of carbonyl (C=O) groups excluding carboxylic acids is 1. The van der Waals surface area contributed by atoms with Crippen molar-refractivity contribution in [2.45, 2.75) is 6.92 Å². The monoisotopic (exact) mass is 302 g/mol. The second-order valence-corrected chi connectivity index (χ2v) is 4.89. The number of phenols is 1. The molecule has 2 aromatic carbocycles. The van der Waals surface area contributed by atoms with E-state index < -0.39 is 6.03 Å². The zero-order chi connectivity index (χ0) is 15.2. The summed E-state index contributed by atoms with van der Waals surface area (Å²) in [6.07, 6.45) is 3.34. The van der Waals surface area contributed by atoms with E-state index in [1.165, 1.54) is 18.2 Å². The molecule has 0 atom stereocenters. The molecule has 2 amide bonds. The molecule has 108 valence electrons. The van der Waals surface area contributed by atoms with Crippen molar-refractivity contribution in [1.82, 2.24) is 5.32 Å². The van der Waals surface area contributed by atoms with E-state index in [0.717, 1.165) is 11.1 Å². The molecule has 3 N–H and O–H groups in total. The number of halogens is 1. The van der Waals surface area contributed by atoms with Gasteiger partial charge in [-0.2, -0.15) is 0 Å². The average molecular weight is 303 g/mol. The van der Waals surface area contributed by atoms with E-state index in [4.69, 9.17) is 11.6 Å². The first kappa shape index (κ1) is 14.9. The summed E-state index contributed by atoms with van der Waals surface area (Å²) < 4.78 is 0. The number of benzene rings is 2. The summed E-state index contributed by atoms with van der Waals surface area (Å²) in [6, 6.07) is 11.8. The maximum Gasteiger partial charge on any atom is 0.323 e. The predicted molar refractivity (Wildman–Crippen MR) is 85.5 cm³/mol. The molecule has 21 heavy (non-hydrogen) atoms. The van der Waals surface area contributed by atoms with Gasteiger partial charge in [0.2, 0.25) is 0 Å². The predicted octanol–water partition coefficient (Wildman–Crippen LogP) is 4.15. The van der Waals surface area contributed by atoms with Gasteiger partial charge in [-0.15, -0.1) is 0 Å². The summed E-state index contributed by atoms with van der Waals surface area (Å²) in [4.78, 5) is 11.7. The number of amides is 2. The van der Waals surface area contributed by atoms with Gasteiger partial charge in [-0.3, -0.25) is 0 Å². The quantitative estimate of drug-likeness (QED) is 0.746. The number of aryl methyl sites for hydroxylation is 1. The number of urea groups is 1. The van der Waals surface area contributed by atoms with Crippen molar-refractivity contribution in [2.24, 2.45) is 0 Å². The molecule has 0 aromatic heterocycles. The van der Waals surface area contributed by atoms with Gasteiger partial charge in [0.25, 0.3) is 0 Å². The Balaban J connectivity index is 1.96. The van der Waals surface area contributed by atoms with E-state index in [1.54, 1.807) is 12.3 Å². The van der Waals surface area contributed by atoms with Crippen LogP contribution in [0.5, 0.6) is 5.75 Å². The fourth-order valence-electron chi connectivity index (χ4n) is 1.75. The molecule has 0 heterocycles. The van der Waals surface area contributed by atoms with Crippen LogP contribution in [0, 0.1) is 6.92 Å². The highest BCUT2D eigenvalue weighted by Gasteiger charge is 2.05. The summed E-state index contributed by atoms with van der Waals surface area (Å²) >= 11 is 5.81. The van der Waals surface area contributed by atoms with E-state index in [-0.39, 0.29) is 11.4 Å². The van der Waals surface area contributed by atoms with Crippen LogP contribution in [0.4, 0.5) is 10.5 Å². The molecule has 0 aliphatic rings. The lowest BCUT2D eigenvalue weighted by Gasteiger charge is -2.07. The Labute approximate surface area is 128 Å². The van der Waals surface area contributed by atoms with Crippen molar-refractivity contribution in [3.8, 4) is 5.75 Å². The summed E-state index contributed by atoms with van der Waals surface area (Å²) in [5, 5.41) is 15.1. The van der Waals surface area contributed by atoms with Crippen LogP contribution in [-0.2, 0) is 0 Å². The number of anilines is 1. The van der Waals surface area contributed by atoms with E-state index in [2.05, 4.69) is 10.6 Å². The standard InChI is InChI=1S/C16H15ClN2O2/c1-11-4-2-3-5-12(11)8-9-18-16(21)19-14-10-13(17)6-7-15(14)20/h2-10,20H,1H3,(H2,18,19,21)/b9-8+. The van der Waals surface area contributed by atoms with Gasteiger partial charge in [0.05, 0.1) is 5.69 Å². The van der Waals surface area contributed by atoms with Crippen molar-refractivity contribution >= 4 is 29.4 Å². The molecule has 4 nitrogen and oxygen atoms in total. The van der Waals surface area contributed by atoms with Crippen molar-refractivity contribution < 1.29 is 9.90 Å². The highest BCUT2D eigenvalue weighted by atomic mass is 35.5. The third-order valence-corrected chi connectivity index (χ3v) is 3.11. The Kier molecular flexibility index (Phi) is 4.85. The van der Waals surface area contributed by atoms with Crippen molar-refractivity contribution in [2.75, 3.05) is 5.32 Å². The van der Waals surface area contributed by atoms with Crippen LogP contribution in [-0.4, -0.2) is 11.1 Å². The molecule has 0 aliphatic heterocycles. The highest BCUT2D eigenvalue weighted by Crippen LogP contribution is 2.26. The van der Waals surface area contributed by atoms with Gasteiger partial charge in [0, 0.05) is 11.2 Å². The Hall–Kier alpha value is -2.46.